The van der Waals surface area contributed by atoms with E-state index in [4.69, 9.17) is 4.74 Å². The number of nitrogens with zero attached hydrogens (tertiary/aromatic N) is 4. The van der Waals surface area contributed by atoms with Gasteiger partial charge >= 0.3 is 0 Å². The van der Waals surface area contributed by atoms with Crippen LogP contribution < -0.4 is 10.9 Å². The van der Waals surface area contributed by atoms with E-state index >= 15 is 0 Å². The number of rotatable bonds is 4. The average Bonchev–Trinajstić information content (AvgIpc) is 2.67. The van der Waals surface area contributed by atoms with Crippen LogP contribution in [0, 0.1) is 0 Å². The van der Waals surface area contributed by atoms with Crippen molar-refractivity contribution < 1.29 is 4.74 Å². The minimum Gasteiger partial charge on any atom is -0.376 e. The number of anilines is 1. The van der Waals surface area contributed by atoms with Gasteiger partial charge in [-0.05, 0) is 38.5 Å². The second kappa shape index (κ2) is 7.62. The highest BCUT2D eigenvalue weighted by molar-refractivity contribution is 5.37. The lowest BCUT2D eigenvalue weighted by Gasteiger charge is -2.31. The molecule has 2 aliphatic carbocycles. The van der Waals surface area contributed by atoms with Crippen LogP contribution >= 0.6 is 0 Å². The van der Waals surface area contributed by atoms with Gasteiger partial charge in [0.15, 0.2) is 0 Å². The lowest BCUT2D eigenvalue weighted by molar-refractivity contribution is 0.107. The second-order valence-corrected chi connectivity index (χ2v) is 8.31. The van der Waals surface area contributed by atoms with E-state index in [-0.39, 0.29) is 11.6 Å². The summed E-state index contributed by atoms with van der Waals surface area (Å²) in [6.45, 7) is 1.20. The Bertz CT molecular complexity index is 900. The van der Waals surface area contributed by atoms with Gasteiger partial charge in [0.25, 0.3) is 5.56 Å². The molecular formula is C21H27N5O2. The normalized spacial score (nSPS) is 25.0. The van der Waals surface area contributed by atoms with Crippen molar-refractivity contribution in [3.63, 3.8) is 0 Å². The highest BCUT2D eigenvalue weighted by Crippen LogP contribution is 2.36. The van der Waals surface area contributed by atoms with Crippen LogP contribution in [-0.4, -0.2) is 32.4 Å². The smallest absolute Gasteiger partial charge is 0.267 e. The van der Waals surface area contributed by atoms with Gasteiger partial charge in [0.1, 0.15) is 12.1 Å². The SMILES string of the molecule is O=c1cc2c(nn1C1CCC(Nc3cc(C4CCC4)ncn3)CC1)CCOC2. The van der Waals surface area contributed by atoms with Crippen molar-refractivity contribution in [2.24, 2.45) is 0 Å². The molecule has 0 spiro atoms. The van der Waals surface area contributed by atoms with Crippen molar-refractivity contribution in [3.05, 3.63) is 45.8 Å². The summed E-state index contributed by atoms with van der Waals surface area (Å²) in [5, 5.41) is 8.26. The third kappa shape index (κ3) is 3.55. The van der Waals surface area contributed by atoms with E-state index in [0.29, 0.717) is 25.2 Å². The molecule has 2 aromatic heterocycles. The lowest BCUT2D eigenvalue weighted by Crippen LogP contribution is -2.35. The monoisotopic (exact) mass is 381 g/mol. The van der Waals surface area contributed by atoms with Crippen LogP contribution in [0.15, 0.2) is 23.3 Å². The molecule has 3 aliphatic rings. The van der Waals surface area contributed by atoms with Gasteiger partial charge in [-0.1, -0.05) is 6.42 Å². The van der Waals surface area contributed by atoms with Crippen molar-refractivity contribution in [3.8, 4) is 0 Å². The molecule has 1 aliphatic heterocycles. The fourth-order valence-electron chi connectivity index (χ4n) is 4.54. The Hall–Kier alpha value is -2.28. The van der Waals surface area contributed by atoms with E-state index in [2.05, 4.69) is 26.4 Å². The van der Waals surface area contributed by atoms with Crippen molar-refractivity contribution >= 4 is 5.82 Å². The van der Waals surface area contributed by atoms with Crippen LogP contribution in [0.25, 0.3) is 0 Å². The van der Waals surface area contributed by atoms with Crippen LogP contribution in [0.3, 0.4) is 0 Å². The molecule has 3 heterocycles. The fraction of sp³-hybridized carbons (Fsp3) is 0.619. The van der Waals surface area contributed by atoms with E-state index in [9.17, 15) is 4.79 Å². The molecule has 2 saturated carbocycles. The maximum atomic E-state index is 12.5. The molecule has 28 heavy (non-hydrogen) atoms. The first-order valence-electron chi connectivity index (χ1n) is 10.5. The molecule has 2 aromatic rings. The standard InChI is InChI=1S/C21H27N5O2/c27-21-10-15-12-28-9-8-18(15)25-26(21)17-6-4-16(5-7-17)24-20-11-19(22-13-23-20)14-2-1-3-14/h10-11,13-14,16-17H,1-9,12H2,(H,22,23,24). The van der Waals surface area contributed by atoms with Crippen molar-refractivity contribution in [1.82, 2.24) is 19.7 Å². The second-order valence-electron chi connectivity index (χ2n) is 8.31. The number of nitrogens with one attached hydrogen (secondary N) is 1. The lowest BCUT2D eigenvalue weighted by atomic mass is 9.83. The number of hydrogen-bond acceptors (Lipinski definition) is 6. The first kappa shape index (κ1) is 17.8. The van der Waals surface area contributed by atoms with Gasteiger partial charge < -0.3 is 10.1 Å². The molecule has 1 N–H and O–H groups in total. The van der Waals surface area contributed by atoms with Crippen molar-refractivity contribution in [1.29, 1.82) is 0 Å². The Morgan fingerprint density at radius 3 is 2.71 bits per heavy atom. The maximum Gasteiger partial charge on any atom is 0.267 e. The van der Waals surface area contributed by atoms with Gasteiger partial charge in [0.2, 0.25) is 0 Å². The molecule has 0 aromatic carbocycles. The predicted molar refractivity (Wildman–Crippen MR) is 105 cm³/mol. The number of fused-ring (bicyclic) bond motifs is 1. The van der Waals surface area contributed by atoms with E-state index in [0.717, 1.165) is 49.2 Å². The summed E-state index contributed by atoms with van der Waals surface area (Å²) < 4.78 is 7.16. The molecule has 0 unspecified atom stereocenters. The largest absolute Gasteiger partial charge is 0.376 e. The van der Waals surface area contributed by atoms with Crippen LogP contribution in [0.5, 0.6) is 0 Å². The third-order valence-corrected chi connectivity index (χ3v) is 6.47. The molecule has 0 amide bonds. The maximum absolute atomic E-state index is 12.5. The Morgan fingerprint density at radius 2 is 1.93 bits per heavy atom. The Morgan fingerprint density at radius 1 is 1.07 bits per heavy atom. The summed E-state index contributed by atoms with van der Waals surface area (Å²) in [6, 6.07) is 4.42. The molecular weight excluding hydrogens is 354 g/mol. The summed E-state index contributed by atoms with van der Waals surface area (Å²) in [4.78, 5) is 21.4. The highest BCUT2D eigenvalue weighted by Gasteiger charge is 2.26. The van der Waals surface area contributed by atoms with Gasteiger partial charge in [0.05, 0.1) is 24.9 Å². The van der Waals surface area contributed by atoms with Crippen LogP contribution in [0.4, 0.5) is 5.82 Å². The summed E-state index contributed by atoms with van der Waals surface area (Å²) in [5.41, 5.74) is 3.15. The number of hydrogen-bond donors (Lipinski definition) is 1. The zero-order valence-corrected chi connectivity index (χ0v) is 16.1. The summed E-state index contributed by atoms with van der Waals surface area (Å²) >= 11 is 0. The zero-order chi connectivity index (χ0) is 18.9. The molecule has 148 valence electrons. The van der Waals surface area contributed by atoms with Gasteiger partial charge in [-0.2, -0.15) is 5.10 Å². The minimum atomic E-state index is 0.00148. The molecule has 7 heteroatoms. The first-order chi connectivity index (χ1) is 13.8. The Kier molecular flexibility index (Phi) is 4.84. The van der Waals surface area contributed by atoms with Crippen molar-refractivity contribution in [2.45, 2.75) is 76.0 Å². The quantitative estimate of drug-likeness (QED) is 0.877. The van der Waals surface area contributed by atoms with Crippen LogP contribution in [0.2, 0.25) is 0 Å². The van der Waals surface area contributed by atoms with Crippen molar-refractivity contribution in [2.75, 3.05) is 11.9 Å². The van der Waals surface area contributed by atoms with Gasteiger partial charge in [-0.25, -0.2) is 14.6 Å². The number of aromatic nitrogens is 4. The summed E-state index contributed by atoms with van der Waals surface area (Å²) in [6.07, 6.45) is 10.2. The van der Waals surface area contributed by atoms with Crippen LogP contribution in [0.1, 0.15) is 73.9 Å². The molecule has 0 atom stereocenters. The first-order valence-corrected chi connectivity index (χ1v) is 10.5. The predicted octanol–water partition coefficient (Wildman–Crippen LogP) is 2.97. The zero-order valence-electron chi connectivity index (χ0n) is 16.1. The number of ether oxygens (including phenoxy) is 1. The van der Waals surface area contributed by atoms with Crippen LogP contribution in [-0.2, 0) is 17.8 Å². The highest BCUT2D eigenvalue weighted by atomic mass is 16.5. The Labute approximate surface area is 164 Å². The van der Waals surface area contributed by atoms with E-state index in [1.54, 1.807) is 17.1 Å². The third-order valence-electron chi connectivity index (χ3n) is 6.47. The minimum absolute atomic E-state index is 0.00148. The van der Waals surface area contributed by atoms with Gasteiger partial charge in [-0.15, -0.1) is 0 Å². The van der Waals surface area contributed by atoms with E-state index in [1.807, 2.05) is 0 Å². The average molecular weight is 381 g/mol. The van der Waals surface area contributed by atoms with E-state index < -0.39 is 0 Å². The molecule has 0 radical (unpaired) electrons. The molecule has 0 saturated heterocycles. The van der Waals surface area contributed by atoms with Gasteiger partial charge in [0, 0.05) is 41.8 Å². The fourth-order valence-corrected chi connectivity index (χ4v) is 4.54. The molecule has 2 fully saturated rings. The molecule has 7 nitrogen and oxygen atoms in total. The van der Waals surface area contributed by atoms with Gasteiger partial charge in [-0.3, -0.25) is 4.79 Å². The summed E-state index contributed by atoms with van der Waals surface area (Å²) in [5.74, 6) is 1.55. The topological polar surface area (TPSA) is 81.9 Å². The molecule has 5 rings (SSSR count). The van der Waals surface area contributed by atoms with E-state index in [1.165, 1.54) is 25.0 Å². The Balaban J connectivity index is 1.23. The molecule has 0 bridgehead atoms. The summed E-state index contributed by atoms with van der Waals surface area (Å²) in [7, 11) is 0.